The molecule has 1 unspecified atom stereocenters. The smallest absolute Gasteiger partial charge is 0.318 e. The zero-order valence-corrected chi connectivity index (χ0v) is 12.7. The summed E-state index contributed by atoms with van der Waals surface area (Å²) in [6.45, 7) is 5.57. The van der Waals surface area contributed by atoms with Crippen LogP contribution >= 0.6 is 11.6 Å². The molecular formula is C14H19ClN4O. The van der Waals surface area contributed by atoms with Crippen molar-refractivity contribution in [2.75, 3.05) is 18.5 Å². The van der Waals surface area contributed by atoms with Gasteiger partial charge in [-0.05, 0) is 31.2 Å². The van der Waals surface area contributed by atoms with Crippen LogP contribution in [0.4, 0.5) is 6.01 Å². The van der Waals surface area contributed by atoms with Crippen LogP contribution in [0.1, 0.15) is 31.3 Å². The van der Waals surface area contributed by atoms with E-state index in [1.165, 1.54) is 0 Å². The summed E-state index contributed by atoms with van der Waals surface area (Å²) in [4.78, 5) is 1.95. The molecule has 1 aromatic carbocycles. The summed E-state index contributed by atoms with van der Waals surface area (Å²) in [5.74, 6) is 0.594. The van der Waals surface area contributed by atoms with E-state index in [0.29, 0.717) is 18.5 Å². The van der Waals surface area contributed by atoms with Gasteiger partial charge in [-0.15, -0.1) is 5.10 Å². The normalized spacial score (nSPS) is 12.4. The lowest BCUT2D eigenvalue weighted by Crippen LogP contribution is -2.21. The van der Waals surface area contributed by atoms with Crippen molar-refractivity contribution in [3.63, 3.8) is 0 Å². The van der Waals surface area contributed by atoms with Crippen molar-refractivity contribution in [3.05, 3.63) is 40.7 Å². The van der Waals surface area contributed by atoms with Crippen LogP contribution in [0.3, 0.4) is 0 Å². The molecule has 0 aliphatic carbocycles. The van der Waals surface area contributed by atoms with Crippen molar-refractivity contribution < 1.29 is 4.42 Å². The fourth-order valence-electron chi connectivity index (χ4n) is 1.82. The zero-order valence-electron chi connectivity index (χ0n) is 11.9. The molecule has 0 fully saturated rings. The van der Waals surface area contributed by atoms with Gasteiger partial charge in [0.05, 0.1) is 12.6 Å². The molecule has 0 bridgehead atoms. The Hall–Kier alpha value is -1.59. The van der Waals surface area contributed by atoms with Crippen LogP contribution in [-0.2, 0) is 6.54 Å². The highest BCUT2D eigenvalue weighted by molar-refractivity contribution is 6.30. The Morgan fingerprint density at radius 2 is 2.00 bits per heavy atom. The predicted molar refractivity (Wildman–Crippen MR) is 79.9 cm³/mol. The minimum atomic E-state index is 0.125. The number of hydrogen-bond acceptors (Lipinski definition) is 5. The number of nitrogens with one attached hydrogen (secondary N) is 1. The van der Waals surface area contributed by atoms with E-state index in [2.05, 4.69) is 22.4 Å². The van der Waals surface area contributed by atoms with Crippen LogP contribution in [0.5, 0.6) is 0 Å². The molecule has 1 heterocycles. The predicted octanol–water partition coefficient (Wildman–Crippen LogP) is 3.03. The van der Waals surface area contributed by atoms with Crippen molar-refractivity contribution in [2.45, 2.75) is 26.4 Å². The van der Waals surface area contributed by atoms with Crippen molar-refractivity contribution in [1.82, 2.24) is 15.5 Å². The first-order valence-corrected chi connectivity index (χ1v) is 7.01. The van der Waals surface area contributed by atoms with Crippen molar-refractivity contribution in [3.8, 4) is 0 Å². The highest BCUT2D eigenvalue weighted by Gasteiger charge is 2.17. The summed E-state index contributed by atoms with van der Waals surface area (Å²) in [5, 5.41) is 12.0. The maximum Gasteiger partial charge on any atom is 0.318 e. The summed E-state index contributed by atoms with van der Waals surface area (Å²) in [5.41, 5.74) is 1.14. The highest BCUT2D eigenvalue weighted by atomic mass is 35.5. The van der Waals surface area contributed by atoms with Gasteiger partial charge in [0.1, 0.15) is 0 Å². The minimum Gasteiger partial charge on any atom is -0.407 e. The second-order valence-corrected chi connectivity index (χ2v) is 5.03. The third-order valence-corrected chi connectivity index (χ3v) is 3.47. The van der Waals surface area contributed by atoms with Crippen molar-refractivity contribution in [2.24, 2.45) is 0 Å². The second kappa shape index (κ2) is 6.72. The Kier molecular flexibility index (Phi) is 4.98. The number of rotatable bonds is 6. The summed E-state index contributed by atoms with van der Waals surface area (Å²) in [6.07, 6.45) is 0. The molecule has 0 spiro atoms. The number of aromatic nitrogens is 2. The van der Waals surface area contributed by atoms with E-state index in [-0.39, 0.29) is 6.04 Å². The number of halogens is 1. The van der Waals surface area contributed by atoms with Crippen LogP contribution in [0.25, 0.3) is 0 Å². The molecule has 2 rings (SSSR count). The molecule has 5 nitrogen and oxygen atoms in total. The van der Waals surface area contributed by atoms with Gasteiger partial charge in [0.25, 0.3) is 0 Å². The maximum atomic E-state index is 5.90. The average molecular weight is 295 g/mol. The Labute approximate surface area is 123 Å². The van der Waals surface area contributed by atoms with Crippen molar-refractivity contribution in [1.29, 1.82) is 0 Å². The summed E-state index contributed by atoms with van der Waals surface area (Å²) >= 11 is 5.90. The van der Waals surface area contributed by atoms with E-state index in [4.69, 9.17) is 16.0 Å². The molecule has 0 radical (unpaired) electrons. The highest BCUT2D eigenvalue weighted by Crippen LogP contribution is 2.25. The average Bonchev–Trinajstić information content (AvgIpc) is 2.93. The first-order chi connectivity index (χ1) is 9.61. The van der Waals surface area contributed by atoms with E-state index in [0.717, 1.165) is 17.1 Å². The summed E-state index contributed by atoms with van der Waals surface area (Å²) < 4.78 is 5.63. The van der Waals surface area contributed by atoms with Crippen LogP contribution in [0.2, 0.25) is 5.02 Å². The maximum absolute atomic E-state index is 5.90. The van der Waals surface area contributed by atoms with Gasteiger partial charge < -0.3 is 14.6 Å². The second-order valence-electron chi connectivity index (χ2n) is 4.60. The third kappa shape index (κ3) is 3.49. The number of anilines is 1. The van der Waals surface area contributed by atoms with Gasteiger partial charge in [0, 0.05) is 12.1 Å². The van der Waals surface area contributed by atoms with Gasteiger partial charge in [-0.1, -0.05) is 35.8 Å². The number of benzene rings is 1. The Morgan fingerprint density at radius 1 is 1.30 bits per heavy atom. The fourth-order valence-corrected chi connectivity index (χ4v) is 1.95. The molecule has 0 saturated carbocycles. The summed E-state index contributed by atoms with van der Waals surface area (Å²) in [7, 11) is 1.93. The molecule has 108 valence electrons. The van der Waals surface area contributed by atoms with Crippen LogP contribution in [0, 0.1) is 0 Å². The molecule has 0 amide bonds. The summed E-state index contributed by atoms with van der Waals surface area (Å²) in [6, 6.07) is 8.40. The SMILES string of the molecule is CCNCc1nnc(N(C)C(C)c2ccc(Cl)cc2)o1. The van der Waals surface area contributed by atoms with Crippen LogP contribution in [0.15, 0.2) is 28.7 Å². The molecule has 1 atom stereocenters. The number of hydrogen-bond donors (Lipinski definition) is 1. The monoisotopic (exact) mass is 294 g/mol. The van der Waals surface area contributed by atoms with Gasteiger partial charge >= 0.3 is 6.01 Å². The first-order valence-electron chi connectivity index (χ1n) is 6.63. The molecule has 0 aliphatic heterocycles. The molecule has 1 aromatic heterocycles. The van der Waals surface area contributed by atoms with Gasteiger partial charge in [-0.2, -0.15) is 0 Å². The minimum absolute atomic E-state index is 0.125. The molecule has 0 saturated heterocycles. The van der Waals surface area contributed by atoms with Crippen LogP contribution < -0.4 is 10.2 Å². The van der Waals surface area contributed by atoms with Crippen LogP contribution in [-0.4, -0.2) is 23.8 Å². The first kappa shape index (κ1) is 14.8. The molecular weight excluding hydrogens is 276 g/mol. The van der Waals surface area contributed by atoms with E-state index in [1.54, 1.807) is 0 Å². The molecule has 2 aromatic rings. The third-order valence-electron chi connectivity index (χ3n) is 3.22. The largest absolute Gasteiger partial charge is 0.407 e. The molecule has 0 aliphatic rings. The quantitative estimate of drug-likeness (QED) is 0.887. The fraction of sp³-hybridized carbons (Fsp3) is 0.429. The zero-order chi connectivity index (χ0) is 14.5. The van der Waals surface area contributed by atoms with Gasteiger partial charge in [0.15, 0.2) is 0 Å². The lowest BCUT2D eigenvalue weighted by atomic mass is 10.1. The lowest BCUT2D eigenvalue weighted by Gasteiger charge is -2.23. The Balaban J connectivity index is 2.07. The topological polar surface area (TPSA) is 54.2 Å². The van der Waals surface area contributed by atoms with Gasteiger partial charge in [0.2, 0.25) is 5.89 Å². The van der Waals surface area contributed by atoms with E-state index in [9.17, 15) is 0 Å². The van der Waals surface area contributed by atoms with Gasteiger partial charge in [-0.25, -0.2) is 0 Å². The van der Waals surface area contributed by atoms with E-state index >= 15 is 0 Å². The van der Waals surface area contributed by atoms with E-state index < -0.39 is 0 Å². The van der Waals surface area contributed by atoms with Crippen molar-refractivity contribution >= 4 is 17.6 Å². The van der Waals surface area contributed by atoms with Gasteiger partial charge in [-0.3, -0.25) is 0 Å². The Bertz CT molecular complexity index is 540. The molecule has 6 heteroatoms. The molecule has 1 N–H and O–H groups in total. The standard InChI is InChI=1S/C14H19ClN4O/c1-4-16-9-13-17-18-14(20-13)19(3)10(2)11-5-7-12(15)8-6-11/h5-8,10,16H,4,9H2,1-3H3. The lowest BCUT2D eigenvalue weighted by molar-refractivity contribution is 0.461. The van der Waals surface area contributed by atoms with E-state index in [1.807, 2.05) is 43.1 Å². The molecule has 20 heavy (non-hydrogen) atoms. The number of nitrogens with zero attached hydrogens (tertiary/aromatic N) is 3. The Morgan fingerprint density at radius 3 is 2.65 bits per heavy atom.